The zero-order chi connectivity index (χ0) is 50.6. The standard InChI is InChI=1S/C27H31N5O2.C24H27N5O2.C4H8S/c1-17(2)30-20-12-10-18(11-13-20)24-16-29-25(31-24)23(32-26(33)34-27(3,4)5)14-19-15-28-22-9-7-6-8-21(19)22;1-24(2,3)31-23(30)29-20(12-16-13-26-19-7-5-4-6-18(16)19)22-27-14-21(28-22)15-8-10-17(25)11-9-15;1-4(2)5-3/h6-13,15-16,23,28,30H,1,14H2,2-5H3,(H,29,31)(H,32,33);4-11,13-14,20,26H,12,25H2,1-3H3,(H,27,28)(H,29,30);1H2,2-3H3. The van der Waals surface area contributed by atoms with Crippen molar-refractivity contribution in [2.75, 3.05) is 17.3 Å². The number of imidazole rings is 2. The molecule has 15 heteroatoms. The molecule has 4 aromatic heterocycles. The number of fused-ring (bicyclic) bond motifs is 2. The van der Waals surface area contributed by atoms with Crippen LogP contribution in [0.3, 0.4) is 0 Å². The van der Waals surface area contributed by atoms with Crippen molar-refractivity contribution in [1.29, 1.82) is 0 Å². The molecular formula is C55H66N10O4S. The van der Waals surface area contributed by atoms with Gasteiger partial charge in [0, 0.05) is 64.1 Å². The van der Waals surface area contributed by atoms with E-state index in [0.29, 0.717) is 30.2 Å². The van der Waals surface area contributed by atoms with E-state index in [0.717, 1.165) is 66.8 Å². The molecule has 0 aliphatic heterocycles. The second-order valence-corrected chi connectivity index (χ2v) is 20.0. The van der Waals surface area contributed by atoms with E-state index in [2.05, 4.69) is 71.1 Å². The Kier molecular flexibility index (Phi) is 17.1. The minimum Gasteiger partial charge on any atom is -0.444 e. The molecule has 0 aliphatic carbocycles. The highest BCUT2D eigenvalue weighted by Crippen LogP contribution is 2.29. The van der Waals surface area contributed by atoms with Gasteiger partial charge in [0.1, 0.15) is 22.9 Å². The van der Waals surface area contributed by atoms with E-state index in [-0.39, 0.29) is 0 Å². The topological polar surface area (TPSA) is 204 Å². The van der Waals surface area contributed by atoms with Crippen LogP contribution in [0.4, 0.5) is 21.0 Å². The number of para-hydroxylation sites is 2. The zero-order valence-electron chi connectivity index (χ0n) is 41.5. The van der Waals surface area contributed by atoms with Crippen LogP contribution in [-0.2, 0) is 22.3 Å². The lowest BCUT2D eigenvalue weighted by Gasteiger charge is -2.23. The Labute approximate surface area is 414 Å². The van der Waals surface area contributed by atoms with Crippen LogP contribution in [0.1, 0.15) is 90.2 Å². The first kappa shape index (κ1) is 51.7. The fraction of sp³-hybridized carbons (Fsp3) is 0.273. The number of nitrogens with zero attached hydrogens (tertiary/aromatic N) is 2. The molecule has 0 spiro atoms. The number of aromatic nitrogens is 6. The van der Waals surface area contributed by atoms with Gasteiger partial charge in [-0.3, -0.25) is 0 Å². The number of ether oxygens (including phenoxy) is 2. The third kappa shape index (κ3) is 15.2. The van der Waals surface area contributed by atoms with Crippen LogP contribution >= 0.6 is 11.8 Å². The highest BCUT2D eigenvalue weighted by atomic mass is 32.2. The van der Waals surface area contributed by atoms with Gasteiger partial charge in [-0.2, -0.15) is 0 Å². The van der Waals surface area contributed by atoms with Crippen molar-refractivity contribution >= 4 is 57.1 Å². The van der Waals surface area contributed by atoms with Crippen molar-refractivity contribution in [3.05, 3.63) is 168 Å². The van der Waals surface area contributed by atoms with Crippen molar-refractivity contribution < 1.29 is 19.1 Å². The Morgan fingerprint density at radius 3 is 1.44 bits per heavy atom. The number of H-pyrrole nitrogens is 4. The lowest BCUT2D eigenvalue weighted by atomic mass is 10.0. The lowest BCUT2D eigenvalue weighted by molar-refractivity contribution is 0.0489. The lowest BCUT2D eigenvalue weighted by Crippen LogP contribution is -2.36. The van der Waals surface area contributed by atoms with Gasteiger partial charge in [-0.15, -0.1) is 11.8 Å². The van der Waals surface area contributed by atoms with Crippen LogP contribution < -0.4 is 21.7 Å². The predicted molar refractivity (Wildman–Crippen MR) is 287 cm³/mol. The summed E-state index contributed by atoms with van der Waals surface area (Å²) in [5, 5.41) is 11.4. The molecule has 8 rings (SSSR count). The van der Waals surface area contributed by atoms with E-state index in [1.807, 2.05) is 159 Å². The average Bonchev–Trinajstić information content (AvgIpc) is 4.13. The van der Waals surface area contributed by atoms with Gasteiger partial charge in [-0.25, -0.2) is 19.6 Å². The molecular weight excluding hydrogens is 897 g/mol. The smallest absolute Gasteiger partial charge is 0.408 e. The molecule has 9 N–H and O–H groups in total. The Morgan fingerprint density at radius 2 is 1.06 bits per heavy atom. The maximum Gasteiger partial charge on any atom is 0.408 e. The van der Waals surface area contributed by atoms with Crippen LogP contribution in [0.5, 0.6) is 0 Å². The first-order valence-electron chi connectivity index (χ1n) is 23.0. The summed E-state index contributed by atoms with van der Waals surface area (Å²) in [7, 11) is 0. The van der Waals surface area contributed by atoms with Crippen molar-refractivity contribution in [1.82, 2.24) is 40.5 Å². The number of nitrogens with one attached hydrogen (secondary N) is 7. The Bertz CT molecular complexity index is 3000. The van der Waals surface area contributed by atoms with Gasteiger partial charge >= 0.3 is 12.2 Å². The molecule has 2 amide bonds. The molecule has 2 unspecified atom stereocenters. The number of carbonyl (C=O) groups excluding carboxylic acids is 2. The number of hydrogen-bond acceptors (Lipinski definition) is 9. The summed E-state index contributed by atoms with van der Waals surface area (Å²) in [6.45, 7) is 22.5. The van der Waals surface area contributed by atoms with Crippen molar-refractivity contribution in [3.63, 3.8) is 0 Å². The maximum atomic E-state index is 12.6. The summed E-state index contributed by atoms with van der Waals surface area (Å²) in [6, 6.07) is 31.0. The minimum atomic E-state index is -0.594. The summed E-state index contributed by atoms with van der Waals surface area (Å²) in [4.78, 5) is 48.8. The third-order valence-corrected chi connectivity index (χ3v) is 11.3. The second kappa shape index (κ2) is 23.1. The normalized spacial score (nSPS) is 12.1. The summed E-state index contributed by atoms with van der Waals surface area (Å²) in [5.74, 6) is 1.32. The van der Waals surface area contributed by atoms with Gasteiger partial charge in [-0.05, 0) is 125 Å². The van der Waals surface area contributed by atoms with E-state index in [4.69, 9.17) is 15.2 Å². The number of amides is 2. The number of nitrogen functional groups attached to an aromatic ring is 1. The van der Waals surface area contributed by atoms with E-state index in [1.54, 1.807) is 24.2 Å². The minimum absolute atomic E-state index is 0.392. The van der Waals surface area contributed by atoms with Crippen LogP contribution in [0.15, 0.2) is 146 Å². The number of nitrogens with two attached hydrogens (primary N) is 1. The SMILES string of the molecule is C=C(C)Nc1ccc(-c2cnc(C(Cc3c[nH]c4ccccc34)NC(=O)OC(C)(C)C)[nH]2)cc1.C=C(C)SC.CC(C)(C)OC(=O)NC(Cc1c[nH]c2ccccc12)c1ncc(-c2ccc(N)cc2)[nH]1. The molecule has 366 valence electrons. The molecule has 14 nitrogen and oxygen atoms in total. The van der Waals surface area contributed by atoms with E-state index in [1.165, 1.54) is 4.91 Å². The average molecular weight is 963 g/mol. The highest BCUT2D eigenvalue weighted by molar-refractivity contribution is 8.02. The first-order chi connectivity index (χ1) is 33.2. The number of carbonyl (C=O) groups is 2. The van der Waals surface area contributed by atoms with Crippen LogP contribution in [0, 0.1) is 0 Å². The molecule has 0 bridgehead atoms. The maximum absolute atomic E-state index is 12.6. The number of rotatable bonds is 13. The van der Waals surface area contributed by atoms with E-state index in [9.17, 15) is 9.59 Å². The van der Waals surface area contributed by atoms with Gasteiger partial charge < -0.3 is 51.1 Å². The Hall–Kier alpha value is -7.65. The number of allylic oxidation sites excluding steroid dienone is 2. The molecule has 0 radical (unpaired) electrons. The number of alkyl carbamates (subject to hydrolysis) is 2. The van der Waals surface area contributed by atoms with Crippen molar-refractivity contribution in [2.45, 2.75) is 91.5 Å². The molecule has 0 saturated carbocycles. The zero-order valence-corrected chi connectivity index (χ0v) is 42.4. The molecule has 0 fully saturated rings. The Balaban J connectivity index is 0.000000210. The highest BCUT2D eigenvalue weighted by Gasteiger charge is 2.26. The van der Waals surface area contributed by atoms with Gasteiger partial charge in [0.2, 0.25) is 0 Å². The monoisotopic (exact) mass is 962 g/mol. The largest absolute Gasteiger partial charge is 0.444 e. The fourth-order valence-electron chi connectivity index (χ4n) is 7.34. The number of anilines is 2. The molecule has 70 heavy (non-hydrogen) atoms. The predicted octanol–water partition coefficient (Wildman–Crippen LogP) is 13.1. The van der Waals surface area contributed by atoms with Crippen LogP contribution in [0.25, 0.3) is 44.3 Å². The number of thioether (sulfide) groups is 1. The Morgan fingerprint density at radius 1 is 0.657 bits per heavy atom. The van der Waals surface area contributed by atoms with Crippen molar-refractivity contribution in [3.8, 4) is 22.5 Å². The summed E-state index contributed by atoms with van der Waals surface area (Å²) >= 11 is 1.69. The van der Waals surface area contributed by atoms with Gasteiger partial charge in [0.25, 0.3) is 0 Å². The third-order valence-electron chi connectivity index (χ3n) is 10.6. The summed E-state index contributed by atoms with van der Waals surface area (Å²) in [6.07, 6.45) is 9.66. The first-order valence-corrected chi connectivity index (χ1v) is 24.2. The van der Waals surface area contributed by atoms with Crippen LogP contribution in [-0.4, -0.2) is 59.5 Å². The number of benzene rings is 4. The molecule has 2 atom stereocenters. The van der Waals surface area contributed by atoms with Crippen molar-refractivity contribution in [2.24, 2.45) is 0 Å². The number of aromatic amines is 4. The summed E-state index contributed by atoms with van der Waals surface area (Å²) in [5.41, 5.74) is 15.1. The van der Waals surface area contributed by atoms with Gasteiger partial charge in [0.05, 0.1) is 35.9 Å². The molecule has 4 aromatic carbocycles. The number of hydrogen-bond donors (Lipinski definition) is 8. The van der Waals surface area contributed by atoms with Gasteiger partial charge in [0.15, 0.2) is 0 Å². The molecule has 0 saturated heterocycles. The van der Waals surface area contributed by atoms with E-state index < -0.39 is 35.5 Å². The van der Waals surface area contributed by atoms with E-state index >= 15 is 0 Å². The summed E-state index contributed by atoms with van der Waals surface area (Å²) < 4.78 is 11.0. The molecule has 4 heterocycles. The quantitative estimate of drug-likeness (QED) is 0.0517. The molecule has 8 aromatic rings. The van der Waals surface area contributed by atoms with Gasteiger partial charge in [-0.1, -0.05) is 73.8 Å². The van der Waals surface area contributed by atoms with Crippen LogP contribution in [0.2, 0.25) is 0 Å². The fourth-order valence-corrected chi connectivity index (χ4v) is 7.34. The second-order valence-electron chi connectivity index (χ2n) is 18.9. The molecule has 0 aliphatic rings.